The fraction of sp³-hybridized carbons (Fsp3) is 0.167. The van der Waals surface area contributed by atoms with Crippen molar-refractivity contribution in [2.24, 2.45) is 0 Å². The van der Waals surface area contributed by atoms with E-state index >= 15 is 0 Å². The van der Waals surface area contributed by atoms with Crippen LogP contribution in [0.1, 0.15) is 34.5 Å². The molecule has 0 saturated carbocycles. The van der Waals surface area contributed by atoms with Crippen LogP contribution in [0.3, 0.4) is 0 Å². The second kappa shape index (κ2) is 7.41. The number of esters is 1. The van der Waals surface area contributed by atoms with Crippen LogP contribution in [0.15, 0.2) is 66.7 Å². The third-order valence-electron chi connectivity index (χ3n) is 3.08. The van der Waals surface area contributed by atoms with Crippen molar-refractivity contribution in [3.63, 3.8) is 0 Å². The Hall–Kier alpha value is -2.39. The first kappa shape index (κ1) is 15.0. The van der Waals surface area contributed by atoms with Crippen LogP contribution in [0.2, 0.25) is 0 Å². The third kappa shape index (κ3) is 4.29. The first-order valence-corrected chi connectivity index (χ1v) is 6.82. The van der Waals surface area contributed by atoms with E-state index in [1.165, 1.54) is 0 Å². The second-order valence-corrected chi connectivity index (χ2v) is 4.65. The average Bonchev–Trinajstić information content (AvgIpc) is 2.54. The molecule has 108 valence electrons. The van der Waals surface area contributed by atoms with E-state index < -0.39 is 6.10 Å². The van der Waals surface area contributed by atoms with Gasteiger partial charge in [0.2, 0.25) is 0 Å². The Morgan fingerprint density at radius 3 is 2.43 bits per heavy atom. The molecule has 0 aromatic heterocycles. The lowest BCUT2D eigenvalue weighted by molar-refractivity contribution is 0.0472. The molecule has 0 fully saturated rings. The summed E-state index contributed by atoms with van der Waals surface area (Å²) in [5, 5.41) is 9.80. The number of carbonyl (C=O) groups excluding carboxylic acids is 1. The van der Waals surface area contributed by atoms with Crippen molar-refractivity contribution in [2.75, 3.05) is 0 Å². The Balaban J connectivity index is 1.97. The summed E-state index contributed by atoms with van der Waals surface area (Å²) in [4.78, 5) is 11.9. The molecule has 0 aliphatic rings. The Morgan fingerprint density at radius 1 is 1.14 bits per heavy atom. The summed E-state index contributed by atoms with van der Waals surface area (Å²) < 4.78 is 5.25. The molecule has 2 aromatic rings. The number of aliphatic hydroxyl groups excluding tert-OH is 1. The van der Waals surface area contributed by atoms with Gasteiger partial charge >= 0.3 is 5.97 Å². The largest absolute Gasteiger partial charge is 0.457 e. The monoisotopic (exact) mass is 282 g/mol. The zero-order chi connectivity index (χ0) is 15.1. The highest BCUT2D eigenvalue weighted by Gasteiger charge is 2.09. The number of allylic oxidation sites excluding steroid dienone is 1. The molecular weight excluding hydrogens is 264 g/mol. The van der Waals surface area contributed by atoms with Gasteiger partial charge in [-0.1, -0.05) is 54.6 Å². The van der Waals surface area contributed by atoms with E-state index in [0.717, 1.165) is 11.1 Å². The van der Waals surface area contributed by atoms with E-state index in [1.807, 2.05) is 37.3 Å². The number of ether oxygens (including phenoxy) is 1. The van der Waals surface area contributed by atoms with Crippen molar-refractivity contribution in [3.8, 4) is 0 Å². The minimum absolute atomic E-state index is 0.253. The maximum Gasteiger partial charge on any atom is 0.338 e. The highest BCUT2D eigenvalue weighted by atomic mass is 16.5. The number of carbonyl (C=O) groups is 1. The lowest BCUT2D eigenvalue weighted by Gasteiger charge is -2.08. The van der Waals surface area contributed by atoms with Gasteiger partial charge < -0.3 is 9.84 Å². The van der Waals surface area contributed by atoms with Crippen molar-refractivity contribution in [3.05, 3.63) is 83.4 Å². The summed E-state index contributed by atoms with van der Waals surface area (Å²) in [7, 11) is 0. The predicted octanol–water partition coefficient (Wildman–Crippen LogP) is 3.65. The lowest BCUT2D eigenvalue weighted by atomic mass is 10.1. The normalized spacial score (nSPS) is 12.3. The molecule has 0 bridgehead atoms. The molecule has 21 heavy (non-hydrogen) atoms. The second-order valence-electron chi connectivity index (χ2n) is 4.65. The van der Waals surface area contributed by atoms with Crippen LogP contribution >= 0.6 is 0 Å². The molecule has 0 aliphatic carbocycles. The molecule has 2 aromatic carbocycles. The lowest BCUT2D eigenvalue weighted by Crippen LogP contribution is -2.05. The standard InChI is InChI=1S/C18H18O3/c1-2-6-17(19)15-9-11-16(12-10-15)18(20)21-13-14-7-4-3-5-8-14/h2-12,17,19H,13H2,1H3/t17-/m1/s1. The minimum atomic E-state index is -0.649. The van der Waals surface area contributed by atoms with Gasteiger partial charge in [-0.15, -0.1) is 0 Å². The van der Waals surface area contributed by atoms with Crippen LogP contribution in [-0.4, -0.2) is 11.1 Å². The Morgan fingerprint density at radius 2 is 1.81 bits per heavy atom. The molecule has 1 N–H and O–H groups in total. The van der Waals surface area contributed by atoms with Gasteiger partial charge in [-0.25, -0.2) is 4.79 Å². The number of rotatable bonds is 5. The zero-order valence-corrected chi connectivity index (χ0v) is 11.9. The summed E-state index contributed by atoms with van der Waals surface area (Å²) in [5.41, 5.74) is 2.17. The fourth-order valence-corrected chi connectivity index (χ4v) is 1.92. The average molecular weight is 282 g/mol. The van der Waals surface area contributed by atoms with Crippen LogP contribution in [0, 0.1) is 0 Å². The SMILES string of the molecule is CC=C[C@@H](O)c1ccc(C(=O)OCc2ccccc2)cc1. The molecule has 3 heteroatoms. The smallest absolute Gasteiger partial charge is 0.338 e. The van der Waals surface area contributed by atoms with Crippen molar-refractivity contribution in [1.82, 2.24) is 0 Å². The molecule has 0 saturated heterocycles. The van der Waals surface area contributed by atoms with Crippen LogP contribution in [-0.2, 0) is 11.3 Å². The van der Waals surface area contributed by atoms with Crippen molar-refractivity contribution >= 4 is 5.97 Å². The summed E-state index contributed by atoms with van der Waals surface area (Å²) in [6.45, 7) is 2.10. The maximum absolute atomic E-state index is 11.9. The number of aliphatic hydroxyl groups is 1. The number of hydrogen-bond acceptors (Lipinski definition) is 3. The van der Waals surface area contributed by atoms with Crippen LogP contribution in [0.4, 0.5) is 0 Å². The molecule has 2 rings (SSSR count). The van der Waals surface area contributed by atoms with Crippen molar-refractivity contribution < 1.29 is 14.6 Å². The summed E-state index contributed by atoms with van der Waals surface area (Å²) in [5.74, 6) is -0.370. The molecular formula is C18H18O3. The first-order chi connectivity index (χ1) is 10.2. The van der Waals surface area contributed by atoms with E-state index in [2.05, 4.69) is 0 Å². The van der Waals surface area contributed by atoms with E-state index in [1.54, 1.807) is 36.4 Å². The molecule has 0 unspecified atom stereocenters. The highest BCUT2D eigenvalue weighted by Crippen LogP contribution is 2.16. The van der Waals surface area contributed by atoms with Gasteiger partial charge in [-0.3, -0.25) is 0 Å². The molecule has 0 spiro atoms. The molecule has 1 atom stereocenters. The van der Waals surface area contributed by atoms with Gasteiger partial charge in [-0.2, -0.15) is 0 Å². The van der Waals surface area contributed by atoms with Crippen molar-refractivity contribution in [2.45, 2.75) is 19.6 Å². The first-order valence-electron chi connectivity index (χ1n) is 6.82. The summed E-state index contributed by atoms with van der Waals surface area (Å²) >= 11 is 0. The summed E-state index contributed by atoms with van der Waals surface area (Å²) in [6.07, 6.45) is 2.82. The quantitative estimate of drug-likeness (QED) is 0.672. The molecule has 0 heterocycles. The Kier molecular flexibility index (Phi) is 5.29. The topological polar surface area (TPSA) is 46.5 Å². The molecule has 3 nitrogen and oxygen atoms in total. The van der Waals surface area contributed by atoms with Crippen LogP contribution < -0.4 is 0 Å². The van der Waals surface area contributed by atoms with Gasteiger partial charge in [0.05, 0.1) is 11.7 Å². The number of hydrogen-bond donors (Lipinski definition) is 1. The van der Waals surface area contributed by atoms with Gasteiger partial charge in [0.1, 0.15) is 6.61 Å². The maximum atomic E-state index is 11.9. The predicted molar refractivity (Wildman–Crippen MR) is 81.8 cm³/mol. The molecule has 0 radical (unpaired) electrons. The van der Waals surface area contributed by atoms with Gasteiger partial charge in [0.15, 0.2) is 0 Å². The van der Waals surface area contributed by atoms with Crippen LogP contribution in [0.5, 0.6) is 0 Å². The van der Waals surface area contributed by atoms with Crippen LogP contribution in [0.25, 0.3) is 0 Å². The van der Waals surface area contributed by atoms with Crippen molar-refractivity contribution in [1.29, 1.82) is 0 Å². The van der Waals surface area contributed by atoms with E-state index in [4.69, 9.17) is 4.74 Å². The Labute approximate surface area is 124 Å². The van der Waals surface area contributed by atoms with E-state index in [9.17, 15) is 9.90 Å². The van der Waals surface area contributed by atoms with Gasteiger partial charge in [0, 0.05) is 0 Å². The fourth-order valence-electron chi connectivity index (χ4n) is 1.92. The highest BCUT2D eigenvalue weighted by molar-refractivity contribution is 5.89. The van der Waals surface area contributed by atoms with E-state index in [-0.39, 0.29) is 12.6 Å². The van der Waals surface area contributed by atoms with E-state index in [0.29, 0.717) is 5.56 Å². The van der Waals surface area contributed by atoms with Gasteiger partial charge in [0.25, 0.3) is 0 Å². The minimum Gasteiger partial charge on any atom is -0.457 e. The van der Waals surface area contributed by atoms with Gasteiger partial charge in [-0.05, 0) is 30.2 Å². The number of benzene rings is 2. The zero-order valence-electron chi connectivity index (χ0n) is 11.9. The molecule has 0 aliphatic heterocycles. The molecule has 0 amide bonds. The third-order valence-corrected chi connectivity index (χ3v) is 3.08. The Bertz CT molecular complexity index is 600. The summed E-state index contributed by atoms with van der Waals surface area (Å²) in [6, 6.07) is 16.3.